The zero-order chi connectivity index (χ0) is 20.1. The van der Waals surface area contributed by atoms with Gasteiger partial charge in [-0.3, -0.25) is 4.79 Å². The highest BCUT2D eigenvalue weighted by Crippen LogP contribution is 2.38. The largest absolute Gasteiger partial charge is 0.493 e. The van der Waals surface area contributed by atoms with E-state index in [9.17, 15) is 4.79 Å². The predicted octanol–water partition coefficient (Wildman–Crippen LogP) is 3.58. The molecule has 1 amide bonds. The van der Waals surface area contributed by atoms with Crippen LogP contribution in [0, 0.1) is 11.3 Å². The van der Waals surface area contributed by atoms with Crippen LogP contribution in [0.1, 0.15) is 23.1 Å². The second-order valence-corrected chi connectivity index (χ2v) is 6.34. The van der Waals surface area contributed by atoms with E-state index < -0.39 is 0 Å². The maximum atomic E-state index is 12.8. The first kappa shape index (κ1) is 19.3. The Balaban J connectivity index is 1.86. The molecule has 1 heterocycles. The van der Waals surface area contributed by atoms with Crippen LogP contribution in [-0.4, -0.2) is 33.8 Å². The summed E-state index contributed by atoms with van der Waals surface area (Å²) in [7, 11) is 4.65. The number of benzene rings is 2. The Bertz CT molecular complexity index is 934. The molecular formula is C22H22N2O4. The monoisotopic (exact) mass is 378 g/mol. The molecule has 144 valence electrons. The van der Waals surface area contributed by atoms with Gasteiger partial charge in [-0.25, -0.2) is 0 Å². The average molecular weight is 378 g/mol. The van der Waals surface area contributed by atoms with Crippen LogP contribution < -0.4 is 19.1 Å². The van der Waals surface area contributed by atoms with E-state index in [2.05, 4.69) is 6.07 Å². The fourth-order valence-corrected chi connectivity index (χ4v) is 3.35. The maximum absolute atomic E-state index is 12.8. The summed E-state index contributed by atoms with van der Waals surface area (Å²) >= 11 is 0. The van der Waals surface area contributed by atoms with Crippen LogP contribution >= 0.6 is 0 Å². The van der Waals surface area contributed by atoms with Crippen molar-refractivity contribution in [2.75, 3.05) is 32.8 Å². The summed E-state index contributed by atoms with van der Waals surface area (Å²) in [6.45, 7) is 0.650. The molecule has 1 aliphatic rings. The molecule has 0 bridgehead atoms. The van der Waals surface area contributed by atoms with Crippen LogP contribution in [0.15, 0.2) is 36.4 Å². The Kier molecular flexibility index (Phi) is 5.85. The van der Waals surface area contributed by atoms with E-state index in [1.807, 2.05) is 12.1 Å². The first-order chi connectivity index (χ1) is 13.6. The number of methoxy groups -OCH3 is 3. The highest BCUT2D eigenvalue weighted by Gasteiger charge is 2.21. The number of aryl methyl sites for hydroxylation is 1. The number of hydrogen-bond donors (Lipinski definition) is 0. The number of rotatable bonds is 5. The number of amides is 1. The van der Waals surface area contributed by atoms with E-state index in [4.69, 9.17) is 19.5 Å². The molecule has 2 aromatic rings. The van der Waals surface area contributed by atoms with Crippen LogP contribution in [0.25, 0.3) is 6.08 Å². The highest BCUT2D eigenvalue weighted by molar-refractivity contribution is 6.04. The Morgan fingerprint density at radius 3 is 2.43 bits per heavy atom. The molecule has 0 saturated heterocycles. The van der Waals surface area contributed by atoms with E-state index >= 15 is 0 Å². The van der Waals surface area contributed by atoms with Crippen molar-refractivity contribution in [2.24, 2.45) is 0 Å². The Labute approximate surface area is 164 Å². The number of ether oxygens (including phenoxy) is 3. The van der Waals surface area contributed by atoms with Gasteiger partial charge in [0.2, 0.25) is 5.75 Å². The summed E-state index contributed by atoms with van der Waals surface area (Å²) in [6, 6.07) is 11.2. The van der Waals surface area contributed by atoms with Gasteiger partial charge in [-0.05, 0) is 60.4 Å². The van der Waals surface area contributed by atoms with Crippen LogP contribution in [0.3, 0.4) is 0 Å². The van der Waals surface area contributed by atoms with Gasteiger partial charge in [0.15, 0.2) is 11.5 Å². The summed E-state index contributed by atoms with van der Waals surface area (Å²) in [5, 5.41) is 9.08. The number of carbonyl (C=O) groups is 1. The first-order valence-corrected chi connectivity index (χ1v) is 8.94. The number of nitriles is 1. The van der Waals surface area contributed by atoms with Gasteiger partial charge < -0.3 is 19.1 Å². The number of fused-ring (bicyclic) bond motifs is 1. The van der Waals surface area contributed by atoms with Crippen molar-refractivity contribution in [3.05, 3.63) is 53.1 Å². The van der Waals surface area contributed by atoms with Gasteiger partial charge in [-0.1, -0.05) is 0 Å². The Morgan fingerprint density at radius 2 is 1.82 bits per heavy atom. The van der Waals surface area contributed by atoms with Crippen molar-refractivity contribution in [3.63, 3.8) is 0 Å². The molecule has 6 heteroatoms. The molecule has 0 saturated carbocycles. The van der Waals surface area contributed by atoms with Gasteiger partial charge in [-0.2, -0.15) is 5.26 Å². The molecule has 0 fully saturated rings. The van der Waals surface area contributed by atoms with Gasteiger partial charge in [0.05, 0.1) is 33.0 Å². The van der Waals surface area contributed by atoms with Crippen LogP contribution in [0.5, 0.6) is 17.2 Å². The van der Waals surface area contributed by atoms with Crippen LogP contribution in [0.2, 0.25) is 0 Å². The molecule has 0 aliphatic carbocycles. The first-order valence-electron chi connectivity index (χ1n) is 8.94. The molecule has 1 aliphatic heterocycles. The third-order valence-corrected chi connectivity index (χ3v) is 4.70. The standard InChI is InChI=1S/C22H22N2O4/c1-26-19-12-15(13-20(27-2)22(19)28-3)7-9-21(25)24-10-4-5-17-11-16(14-23)6-8-18(17)24/h6-9,11-13H,4-5,10H2,1-3H3/b9-7+. The molecule has 3 rings (SSSR count). The smallest absolute Gasteiger partial charge is 0.250 e. The lowest BCUT2D eigenvalue weighted by atomic mass is 9.99. The minimum Gasteiger partial charge on any atom is -0.493 e. The summed E-state index contributed by atoms with van der Waals surface area (Å²) < 4.78 is 16.0. The summed E-state index contributed by atoms with van der Waals surface area (Å²) in [4.78, 5) is 14.6. The third kappa shape index (κ3) is 3.79. The molecular weight excluding hydrogens is 356 g/mol. The molecule has 0 unspecified atom stereocenters. The lowest BCUT2D eigenvalue weighted by Gasteiger charge is -2.28. The third-order valence-electron chi connectivity index (χ3n) is 4.70. The topological polar surface area (TPSA) is 71.8 Å². The van der Waals surface area contributed by atoms with Gasteiger partial charge in [0, 0.05) is 18.3 Å². The number of hydrogen-bond acceptors (Lipinski definition) is 5. The van der Waals surface area contributed by atoms with Gasteiger partial charge >= 0.3 is 0 Å². The fourth-order valence-electron chi connectivity index (χ4n) is 3.35. The zero-order valence-corrected chi connectivity index (χ0v) is 16.2. The SMILES string of the molecule is COc1cc(/C=C/C(=O)N2CCCc3cc(C#N)ccc32)cc(OC)c1OC. The minimum absolute atomic E-state index is 0.112. The predicted molar refractivity (Wildman–Crippen MR) is 107 cm³/mol. The molecule has 0 spiro atoms. The Morgan fingerprint density at radius 1 is 1.11 bits per heavy atom. The van der Waals surface area contributed by atoms with Crippen LogP contribution in [-0.2, 0) is 11.2 Å². The fraction of sp³-hybridized carbons (Fsp3) is 0.273. The number of anilines is 1. The van der Waals surface area contributed by atoms with Crippen molar-refractivity contribution in [3.8, 4) is 23.3 Å². The van der Waals surface area contributed by atoms with Crippen molar-refractivity contribution in [1.29, 1.82) is 5.26 Å². The summed E-state index contributed by atoms with van der Waals surface area (Å²) in [5.74, 6) is 1.45. The van der Waals surface area contributed by atoms with Crippen molar-refractivity contribution < 1.29 is 19.0 Å². The van der Waals surface area contributed by atoms with Gasteiger partial charge in [0.1, 0.15) is 0 Å². The summed E-state index contributed by atoms with van der Waals surface area (Å²) in [5.41, 5.74) is 3.27. The van der Waals surface area contributed by atoms with Gasteiger partial charge in [-0.15, -0.1) is 0 Å². The number of nitrogens with zero attached hydrogens (tertiary/aromatic N) is 2. The second kappa shape index (κ2) is 8.49. The van der Waals surface area contributed by atoms with E-state index in [0.717, 1.165) is 29.7 Å². The lowest BCUT2D eigenvalue weighted by Crippen LogP contribution is -2.34. The molecule has 0 N–H and O–H groups in total. The molecule has 6 nitrogen and oxygen atoms in total. The quantitative estimate of drug-likeness (QED) is 0.744. The maximum Gasteiger partial charge on any atom is 0.250 e. The molecule has 0 aromatic heterocycles. The van der Waals surface area contributed by atoms with Crippen molar-refractivity contribution in [1.82, 2.24) is 0 Å². The van der Waals surface area contributed by atoms with E-state index in [1.54, 1.807) is 50.5 Å². The average Bonchev–Trinajstić information content (AvgIpc) is 2.75. The number of carbonyl (C=O) groups excluding carboxylic acids is 1. The molecule has 2 aromatic carbocycles. The lowest BCUT2D eigenvalue weighted by molar-refractivity contribution is -0.114. The van der Waals surface area contributed by atoms with Gasteiger partial charge in [0.25, 0.3) is 5.91 Å². The molecule has 0 radical (unpaired) electrons. The van der Waals surface area contributed by atoms with E-state index in [0.29, 0.717) is 29.4 Å². The van der Waals surface area contributed by atoms with Crippen molar-refractivity contribution >= 4 is 17.7 Å². The van der Waals surface area contributed by atoms with Crippen molar-refractivity contribution in [2.45, 2.75) is 12.8 Å². The Hall–Kier alpha value is -3.46. The molecule has 28 heavy (non-hydrogen) atoms. The second-order valence-electron chi connectivity index (χ2n) is 6.34. The summed E-state index contributed by atoms with van der Waals surface area (Å²) in [6.07, 6.45) is 5.00. The zero-order valence-electron chi connectivity index (χ0n) is 16.2. The molecule has 0 atom stereocenters. The van der Waals surface area contributed by atoms with E-state index in [-0.39, 0.29) is 5.91 Å². The van der Waals surface area contributed by atoms with Crippen LogP contribution in [0.4, 0.5) is 5.69 Å². The van der Waals surface area contributed by atoms with E-state index in [1.165, 1.54) is 6.08 Å². The minimum atomic E-state index is -0.112. The normalized spacial score (nSPS) is 13.0. The highest BCUT2D eigenvalue weighted by atomic mass is 16.5.